The van der Waals surface area contributed by atoms with Crippen LogP contribution in [0.3, 0.4) is 0 Å². The molecule has 0 saturated carbocycles. The Bertz CT molecular complexity index is 914. The summed E-state index contributed by atoms with van der Waals surface area (Å²) in [4.78, 5) is 28.7. The molecule has 0 amide bonds. The van der Waals surface area contributed by atoms with E-state index < -0.39 is 0 Å². The maximum atomic E-state index is 13.2. The van der Waals surface area contributed by atoms with E-state index in [1.54, 1.807) is 0 Å². The lowest BCUT2D eigenvalue weighted by Crippen LogP contribution is -2.39. The van der Waals surface area contributed by atoms with Crippen LogP contribution < -0.4 is 9.47 Å². The molecule has 0 atom stereocenters. The van der Waals surface area contributed by atoms with Gasteiger partial charge in [-0.1, -0.05) is 19.4 Å². The topological polar surface area (TPSA) is 55.8 Å². The van der Waals surface area contributed by atoms with Gasteiger partial charge in [-0.25, -0.2) is 0 Å². The minimum Gasteiger partial charge on any atom is -0.490 e. The minimum atomic E-state index is -0.299. The fourth-order valence-electron chi connectivity index (χ4n) is 5.35. The van der Waals surface area contributed by atoms with E-state index in [1.165, 1.54) is 0 Å². The molecular formula is C27H35NO4. The predicted molar refractivity (Wildman–Crippen MR) is 125 cm³/mol. The smallest absolute Gasteiger partial charge is 0.161 e. The molecule has 0 spiro atoms. The van der Waals surface area contributed by atoms with Crippen LogP contribution in [-0.4, -0.2) is 36.2 Å². The van der Waals surface area contributed by atoms with Crippen molar-refractivity contribution in [3.8, 4) is 11.5 Å². The molecule has 1 heterocycles. The van der Waals surface area contributed by atoms with Crippen molar-refractivity contribution in [3.63, 3.8) is 0 Å². The Balaban J connectivity index is 1.83. The number of hydrogen-bond donors (Lipinski definition) is 0. The van der Waals surface area contributed by atoms with Crippen LogP contribution >= 0.6 is 0 Å². The number of nitrogens with zero attached hydrogens (tertiary/aromatic N) is 1. The van der Waals surface area contributed by atoms with Crippen LogP contribution in [0.25, 0.3) is 0 Å². The maximum absolute atomic E-state index is 13.2. The van der Waals surface area contributed by atoms with Crippen LogP contribution in [0.5, 0.6) is 11.5 Å². The predicted octanol–water partition coefficient (Wildman–Crippen LogP) is 5.70. The van der Waals surface area contributed by atoms with Crippen molar-refractivity contribution < 1.29 is 19.1 Å². The van der Waals surface area contributed by atoms with Crippen molar-refractivity contribution in [1.82, 2.24) is 4.90 Å². The lowest BCUT2D eigenvalue weighted by molar-refractivity contribution is -0.117. The second-order valence-electron chi connectivity index (χ2n) is 8.79. The van der Waals surface area contributed by atoms with Crippen LogP contribution in [-0.2, 0) is 9.59 Å². The molecule has 4 rings (SSSR count). The third-order valence-electron chi connectivity index (χ3n) is 6.76. The number of unbranched alkanes of at least 4 members (excludes halogenated alkanes) is 1. The summed E-state index contributed by atoms with van der Waals surface area (Å²) in [6.07, 6.45) is 6.71. The Morgan fingerprint density at radius 1 is 0.875 bits per heavy atom. The summed E-state index contributed by atoms with van der Waals surface area (Å²) in [5, 5.41) is 0. The van der Waals surface area contributed by atoms with Crippen molar-refractivity contribution in [3.05, 3.63) is 46.3 Å². The standard InChI is InChI=1S/C27H35NO4/c1-4-7-16-32-23-15-14-18(17-24(23)31-6-3)25-26-19(10-8-12-21(26)29)28(5-2)20-11-9-13-22(30)27(20)25/h14-15,17,25H,4-13,16H2,1-3H3. The molecule has 0 aromatic heterocycles. The van der Waals surface area contributed by atoms with Crippen molar-refractivity contribution in [2.24, 2.45) is 0 Å². The molecule has 0 bridgehead atoms. The number of carbonyl (C=O) groups excluding carboxylic acids is 2. The summed E-state index contributed by atoms with van der Waals surface area (Å²) in [6, 6.07) is 5.97. The summed E-state index contributed by atoms with van der Waals surface area (Å²) < 4.78 is 11.9. The lowest BCUT2D eigenvalue weighted by atomic mass is 9.71. The van der Waals surface area contributed by atoms with Crippen LogP contribution in [0.15, 0.2) is 40.7 Å². The molecule has 0 saturated heterocycles. The highest BCUT2D eigenvalue weighted by Gasteiger charge is 2.43. The van der Waals surface area contributed by atoms with Gasteiger partial charge in [0.1, 0.15) is 0 Å². The number of ketones is 2. The summed E-state index contributed by atoms with van der Waals surface area (Å²) in [6.45, 7) is 8.17. The molecule has 0 N–H and O–H groups in total. The van der Waals surface area contributed by atoms with Gasteiger partial charge in [-0.05, 0) is 63.6 Å². The first-order valence-corrected chi connectivity index (χ1v) is 12.3. The van der Waals surface area contributed by atoms with Gasteiger partial charge in [-0.2, -0.15) is 0 Å². The van der Waals surface area contributed by atoms with E-state index >= 15 is 0 Å². The molecular weight excluding hydrogens is 402 g/mol. The molecule has 1 aliphatic heterocycles. The SMILES string of the molecule is CCCCOc1ccc(C2C3=C(CCCC3=O)N(CC)C3=C2C(=O)CCC3)cc1OCC. The van der Waals surface area contributed by atoms with Gasteiger partial charge in [0.25, 0.3) is 0 Å². The van der Waals surface area contributed by atoms with Crippen molar-refractivity contribution >= 4 is 11.6 Å². The first-order chi connectivity index (χ1) is 15.6. The van der Waals surface area contributed by atoms with E-state index in [9.17, 15) is 9.59 Å². The van der Waals surface area contributed by atoms with Gasteiger partial charge >= 0.3 is 0 Å². The quantitative estimate of drug-likeness (QED) is 0.489. The van der Waals surface area contributed by atoms with Gasteiger partial charge in [0.05, 0.1) is 13.2 Å². The van der Waals surface area contributed by atoms with E-state index in [2.05, 4.69) is 18.7 Å². The average Bonchev–Trinajstić information content (AvgIpc) is 2.79. The van der Waals surface area contributed by atoms with E-state index in [0.29, 0.717) is 31.8 Å². The van der Waals surface area contributed by atoms with Crippen LogP contribution in [0.4, 0.5) is 0 Å². The Kier molecular flexibility index (Phi) is 7.02. The third-order valence-corrected chi connectivity index (χ3v) is 6.76. The molecule has 1 aromatic rings. The molecule has 0 unspecified atom stereocenters. The number of benzene rings is 1. The van der Waals surface area contributed by atoms with E-state index in [0.717, 1.165) is 78.9 Å². The zero-order valence-electron chi connectivity index (χ0n) is 19.7. The maximum Gasteiger partial charge on any atom is 0.161 e. The molecule has 2 aliphatic carbocycles. The van der Waals surface area contributed by atoms with E-state index in [4.69, 9.17) is 9.47 Å². The van der Waals surface area contributed by atoms with E-state index in [1.807, 2.05) is 25.1 Å². The number of allylic oxidation sites excluding steroid dienone is 4. The molecule has 3 aliphatic rings. The first kappa shape index (κ1) is 22.6. The summed E-state index contributed by atoms with van der Waals surface area (Å²) >= 11 is 0. The molecule has 5 heteroatoms. The second-order valence-corrected chi connectivity index (χ2v) is 8.79. The highest BCUT2D eigenvalue weighted by Crippen LogP contribution is 2.49. The number of carbonyl (C=O) groups is 2. The highest BCUT2D eigenvalue weighted by atomic mass is 16.5. The van der Waals surface area contributed by atoms with E-state index in [-0.39, 0.29) is 17.5 Å². The van der Waals surface area contributed by atoms with Crippen LogP contribution in [0.2, 0.25) is 0 Å². The fraction of sp³-hybridized carbons (Fsp3) is 0.556. The number of Topliss-reactive ketones (excluding diaryl/α,β-unsaturated/α-hetero) is 2. The van der Waals surface area contributed by atoms with Gasteiger partial charge < -0.3 is 14.4 Å². The zero-order valence-corrected chi connectivity index (χ0v) is 19.7. The first-order valence-electron chi connectivity index (χ1n) is 12.3. The van der Waals surface area contributed by atoms with Gasteiger partial charge in [-0.3, -0.25) is 9.59 Å². The molecule has 172 valence electrons. The van der Waals surface area contributed by atoms with Crippen molar-refractivity contribution in [1.29, 1.82) is 0 Å². The van der Waals surface area contributed by atoms with Crippen LogP contribution in [0.1, 0.15) is 83.6 Å². The molecule has 0 fully saturated rings. The lowest BCUT2D eigenvalue weighted by Gasteiger charge is -2.43. The van der Waals surface area contributed by atoms with Gasteiger partial charge in [0.2, 0.25) is 0 Å². The Morgan fingerprint density at radius 2 is 1.53 bits per heavy atom. The number of hydrogen-bond acceptors (Lipinski definition) is 5. The Morgan fingerprint density at radius 3 is 2.09 bits per heavy atom. The molecule has 0 radical (unpaired) electrons. The zero-order chi connectivity index (χ0) is 22.7. The van der Waals surface area contributed by atoms with Gasteiger partial charge in [0.15, 0.2) is 23.1 Å². The highest BCUT2D eigenvalue weighted by molar-refractivity contribution is 6.06. The summed E-state index contributed by atoms with van der Waals surface area (Å²) in [5.74, 6) is 1.48. The third kappa shape index (κ3) is 4.10. The largest absolute Gasteiger partial charge is 0.490 e. The monoisotopic (exact) mass is 437 g/mol. The minimum absolute atomic E-state index is 0.181. The van der Waals surface area contributed by atoms with Crippen molar-refractivity contribution in [2.75, 3.05) is 19.8 Å². The van der Waals surface area contributed by atoms with Crippen LogP contribution in [0, 0.1) is 0 Å². The Labute approximate surface area is 191 Å². The number of ether oxygens (including phenoxy) is 2. The van der Waals surface area contributed by atoms with Gasteiger partial charge in [-0.15, -0.1) is 0 Å². The van der Waals surface area contributed by atoms with Gasteiger partial charge in [0, 0.05) is 47.8 Å². The number of rotatable bonds is 8. The van der Waals surface area contributed by atoms with Crippen molar-refractivity contribution in [2.45, 2.75) is 78.1 Å². The summed E-state index contributed by atoms with van der Waals surface area (Å²) in [7, 11) is 0. The molecule has 5 nitrogen and oxygen atoms in total. The fourth-order valence-corrected chi connectivity index (χ4v) is 5.35. The normalized spacial score (nSPS) is 19.3. The molecule has 32 heavy (non-hydrogen) atoms. The second kappa shape index (κ2) is 9.93. The average molecular weight is 438 g/mol. The summed E-state index contributed by atoms with van der Waals surface area (Å²) in [5.41, 5.74) is 4.87. The Hall–Kier alpha value is -2.56. The molecule has 1 aromatic carbocycles.